The number of carboxylic acid groups (broad SMARTS) is 1. The monoisotopic (exact) mass is 321 g/mol. The molecule has 0 fully saturated rings. The summed E-state index contributed by atoms with van der Waals surface area (Å²) in [4.78, 5) is 23.1. The van der Waals surface area contributed by atoms with Crippen LogP contribution in [0.3, 0.4) is 0 Å². The lowest BCUT2D eigenvalue weighted by Crippen LogP contribution is -2.29. The van der Waals surface area contributed by atoms with Gasteiger partial charge in [0.25, 0.3) is 0 Å². The molecule has 0 radical (unpaired) electrons. The second kappa shape index (κ2) is 7.08. The van der Waals surface area contributed by atoms with E-state index in [1.54, 1.807) is 0 Å². The van der Waals surface area contributed by atoms with Gasteiger partial charge in [0, 0.05) is 18.8 Å². The lowest BCUT2D eigenvalue weighted by atomic mass is 9.98. The van der Waals surface area contributed by atoms with Gasteiger partial charge in [0.2, 0.25) is 5.91 Å². The van der Waals surface area contributed by atoms with E-state index in [9.17, 15) is 14.7 Å². The summed E-state index contributed by atoms with van der Waals surface area (Å²) >= 11 is 0. The number of rotatable bonds is 5. The largest absolute Gasteiger partial charge is 0.550 e. The quantitative estimate of drug-likeness (QED) is 0.844. The Kier molecular flexibility index (Phi) is 4.70. The normalized spacial score (nSPS) is 16.8. The van der Waals surface area contributed by atoms with Crippen LogP contribution in [-0.2, 0) is 9.59 Å². The van der Waals surface area contributed by atoms with Gasteiger partial charge in [-0.1, -0.05) is 60.7 Å². The van der Waals surface area contributed by atoms with E-state index >= 15 is 0 Å². The zero-order valence-corrected chi connectivity index (χ0v) is 13.1. The molecule has 2 aromatic rings. The van der Waals surface area contributed by atoms with Gasteiger partial charge in [-0.3, -0.25) is 4.79 Å². The highest BCUT2D eigenvalue weighted by atomic mass is 16.4. The van der Waals surface area contributed by atoms with E-state index in [0.717, 1.165) is 16.8 Å². The highest BCUT2D eigenvalue weighted by Gasteiger charge is 2.32. The maximum atomic E-state index is 12.4. The van der Waals surface area contributed by atoms with Crippen molar-refractivity contribution >= 4 is 17.6 Å². The molecule has 0 saturated heterocycles. The summed E-state index contributed by atoms with van der Waals surface area (Å²) in [7, 11) is 0. The number of benzene rings is 2. The smallest absolute Gasteiger partial charge is 0.243 e. The minimum atomic E-state index is -1.23. The third-order valence-electron chi connectivity index (χ3n) is 4.00. The van der Waals surface area contributed by atoms with Crippen molar-refractivity contribution in [1.82, 2.24) is 5.01 Å². The molecule has 1 aliphatic heterocycles. The Bertz CT molecular complexity index is 757. The highest BCUT2D eigenvalue weighted by molar-refractivity contribution is 6.03. The van der Waals surface area contributed by atoms with Crippen LogP contribution in [-0.4, -0.2) is 22.6 Å². The molecule has 1 amide bonds. The van der Waals surface area contributed by atoms with Gasteiger partial charge in [0.15, 0.2) is 0 Å². The fourth-order valence-electron chi connectivity index (χ4n) is 2.80. The number of carboxylic acids is 1. The first kappa shape index (κ1) is 15.9. The van der Waals surface area contributed by atoms with E-state index in [2.05, 4.69) is 5.10 Å². The summed E-state index contributed by atoms with van der Waals surface area (Å²) in [6.45, 7) is 0. The summed E-state index contributed by atoms with van der Waals surface area (Å²) in [6, 6.07) is 19.1. The summed E-state index contributed by atoms with van der Waals surface area (Å²) in [5, 5.41) is 16.5. The van der Waals surface area contributed by atoms with Crippen LogP contribution in [0.25, 0.3) is 0 Å². The van der Waals surface area contributed by atoms with E-state index in [-0.39, 0.29) is 24.8 Å². The van der Waals surface area contributed by atoms with Gasteiger partial charge in [0.1, 0.15) is 0 Å². The first-order chi connectivity index (χ1) is 11.6. The zero-order valence-electron chi connectivity index (χ0n) is 13.1. The Hall–Kier alpha value is -2.95. The minimum absolute atomic E-state index is 0.114. The number of carbonyl (C=O) groups is 2. The average molecular weight is 321 g/mol. The van der Waals surface area contributed by atoms with Gasteiger partial charge in [-0.15, -0.1) is 0 Å². The van der Waals surface area contributed by atoms with Gasteiger partial charge >= 0.3 is 0 Å². The zero-order chi connectivity index (χ0) is 16.9. The van der Waals surface area contributed by atoms with E-state index in [1.807, 2.05) is 60.7 Å². The third-order valence-corrected chi connectivity index (χ3v) is 4.00. The predicted molar refractivity (Wildman–Crippen MR) is 87.9 cm³/mol. The number of amides is 1. The van der Waals surface area contributed by atoms with Crippen molar-refractivity contribution in [2.75, 3.05) is 0 Å². The van der Waals surface area contributed by atoms with E-state index in [4.69, 9.17) is 0 Å². The summed E-state index contributed by atoms with van der Waals surface area (Å²) in [5.74, 6) is -1.54. The number of aliphatic carboxylic acids is 1. The Morgan fingerprint density at radius 1 is 1.00 bits per heavy atom. The van der Waals surface area contributed by atoms with E-state index < -0.39 is 5.97 Å². The van der Waals surface area contributed by atoms with Crippen LogP contribution < -0.4 is 5.11 Å². The number of carbonyl (C=O) groups excluding carboxylic acids is 2. The first-order valence-corrected chi connectivity index (χ1v) is 7.85. The van der Waals surface area contributed by atoms with Crippen molar-refractivity contribution in [2.45, 2.75) is 25.3 Å². The lowest BCUT2D eigenvalue weighted by Gasteiger charge is -2.22. The second-order valence-electron chi connectivity index (χ2n) is 5.65. The molecule has 0 aliphatic carbocycles. The van der Waals surface area contributed by atoms with Crippen LogP contribution in [0.2, 0.25) is 0 Å². The maximum Gasteiger partial charge on any atom is 0.243 e. The lowest BCUT2D eigenvalue weighted by molar-refractivity contribution is -0.305. The Morgan fingerprint density at radius 2 is 1.62 bits per heavy atom. The molecule has 0 spiro atoms. The summed E-state index contributed by atoms with van der Waals surface area (Å²) in [5.41, 5.74) is 2.77. The van der Waals surface area contributed by atoms with Crippen molar-refractivity contribution in [3.8, 4) is 0 Å². The van der Waals surface area contributed by atoms with Crippen molar-refractivity contribution in [2.24, 2.45) is 5.10 Å². The van der Waals surface area contributed by atoms with Crippen molar-refractivity contribution < 1.29 is 14.7 Å². The maximum absolute atomic E-state index is 12.4. The molecule has 122 valence electrons. The number of hydrazone groups is 1. The average Bonchev–Trinajstić information content (AvgIpc) is 3.06. The molecule has 1 atom stereocenters. The van der Waals surface area contributed by atoms with Gasteiger partial charge in [-0.25, -0.2) is 5.01 Å². The van der Waals surface area contributed by atoms with Gasteiger partial charge in [-0.05, 0) is 17.5 Å². The number of hydrogen-bond donors (Lipinski definition) is 0. The molecular weight excluding hydrogens is 304 g/mol. The van der Waals surface area contributed by atoms with Gasteiger partial charge < -0.3 is 9.90 Å². The molecule has 0 bridgehead atoms. The molecule has 5 heteroatoms. The molecule has 24 heavy (non-hydrogen) atoms. The van der Waals surface area contributed by atoms with Gasteiger partial charge in [0.05, 0.1) is 11.8 Å². The fourth-order valence-corrected chi connectivity index (χ4v) is 2.80. The molecule has 0 unspecified atom stereocenters. The fraction of sp³-hybridized carbons (Fsp3) is 0.211. The van der Waals surface area contributed by atoms with Crippen LogP contribution in [0, 0.1) is 0 Å². The van der Waals surface area contributed by atoms with Crippen molar-refractivity contribution in [1.29, 1.82) is 0 Å². The third kappa shape index (κ3) is 3.51. The molecule has 1 aliphatic rings. The molecule has 0 saturated carbocycles. The van der Waals surface area contributed by atoms with Crippen molar-refractivity contribution in [3.63, 3.8) is 0 Å². The van der Waals surface area contributed by atoms with Crippen LogP contribution in [0.15, 0.2) is 65.8 Å². The van der Waals surface area contributed by atoms with Crippen LogP contribution in [0.1, 0.15) is 36.4 Å². The summed E-state index contributed by atoms with van der Waals surface area (Å²) < 4.78 is 0. The molecule has 3 rings (SSSR count). The molecule has 5 nitrogen and oxygen atoms in total. The standard InChI is InChI=1S/C19H18N2O3/c22-18(11-12-19(23)24)21-17(15-9-5-2-6-10-15)13-16(20-21)14-7-3-1-4-8-14/h1-10,17H,11-13H2,(H,23,24)/p-1/t17-/m1/s1. The molecule has 2 aromatic carbocycles. The summed E-state index contributed by atoms with van der Waals surface area (Å²) in [6.07, 6.45) is 0.190. The Balaban J connectivity index is 1.88. The van der Waals surface area contributed by atoms with E-state index in [0.29, 0.717) is 6.42 Å². The topological polar surface area (TPSA) is 72.8 Å². The minimum Gasteiger partial charge on any atom is -0.550 e. The van der Waals surface area contributed by atoms with Crippen LogP contribution in [0.4, 0.5) is 0 Å². The highest BCUT2D eigenvalue weighted by Crippen LogP contribution is 2.33. The first-order valence-electron chi connectivity index (χ1n) is 7.85. The SMILES string of the molecule is O=C([O-])CCC(=O)N1N=C(c2ccccc2)C[C@@H]1c1ccccc1. The number of nitrogens with zero attached hydrogens (tertiary/aromatic N) is 2. The molecule has 0 N–H and O–H groups in total. The van der Waals surface area contributed by atoms with Crippen LogP contribution in [0.5, 0.6) is 0 Å². The molecule has 0 aromatic heterocycles. The van der Waals surface area contributed by atoms with Crippen LogP contribution >= 0.6 is 0 Å². The number of hydrogen-bond acceptors (Lipinski definition) is 4. The van der Waals surface area contributed by atoms with Gasteiger partial charge in [-0.2, -0.15) is 5.10 Å². The Labute approximate surface area is 140 Å². The molecule has 1 heterocycles. The van der Waals surface area contributed by atoms with Crippen molar-refractivity contribution in [3.05, 3.63) is 71.8 Å². The Morgan fingerprint density at radius 3 is 2.25 bits per heavy atom. The second-order valence-corrected chi connectivity index (χ2v) is 5.65. The predicted octanol–water partition coefficient (Wildman–Crippen LogP) is 1.89. The molecular formula is C19H17N2O3-. The van der Waals surface area contributed by atoms with E-state index in [1.165, 1.54) is 5.01 Å².